The highest BCUT2D eigenvalue weighted by Crippen LogP contribution is 2.17. The molecular weight excluding hydrogens is 240 g/mol. The van der Waals surface area contributed by atoms with Crippen molar-refractivity contribution < 1.29 is 9.90 Å². The van der Waals surface area contributed by atoms with Crippen molar-refractivity contribution >= 4 is 5.91 Å². The second-order valence-electron chi connectivity index (χ2n) is 5.75. The Bertz CT molecular complexity index is 457. The predicted octanol–water partition coefficient (Wildman–Crippen LogP) is 0.978. The first kappa shape index (κ1) is 14.0. The summed E-state index contributed by atoms with van der Waals surface area (Å²) < 4.78 is 0. The van der Waals surface area contributed by atoms with Gasteiger partial charge in [-0.15, -0.1) is 0 Å². The van der Waals surface area contributed by atoms with Crippen LogP contribution in [-0.4, -0.2) is 29.2 Å². The molecule has 0 aliphatic carbocycles. The topological polar surface area (TPSA) is 61.4 Å². The Morgan fingerprint density at radius 1 is 1.42 bits per heavy atom. The number of nitrogens with one attached hydrogen (secondary N) is 2. The van der Waals surface area contributed by atoms with E-state index in [-0.39, 0.29) is 24.1 Å². The van der Waals surface area contributed by atoms with Gasteiger partial charge in [-0.05, 0) is 37.8 Å². The van der Waals surface area contributed by atoms with Gasteiger partial charge in [0.05, 0.1) is 6.04 Å². The van der Waals surface area contributed by atoms with Gasteiger partial charge in [-0.3, -0.25) is 4.79 Å². The average Bonchev–Trinajstić information content (AvgIpc) is 2.37. The Morgan fingerprint density at radius 2 is 2.11 bits per heavy atom. The van der Waals surface area contributed by atoms with Crippen LogP contribution in [0.2, 0.25) is 0 Å². The summed E-state index contributed by atoms with van der Waals surface area (Å²) in [5.41, 5.74) is 2.13. The second kappa shape index (κ2) is 5.72. The molecule has 1 aliphatic rings. The fraction of sp³-hybridized carbons (Fsp3) is 0.533. The Hall–Kier alpha value is -1.39. The van der Waals surface area contributed by atoms with E-state index >= 15 is 0 Å². The monoisotopic (exact) mass is 262 g/mol. The van der Waals surface area contributed by atoms with E-state index in [9.17, 15) is 4.79 Å². The zero-order valence-electron chi connectivity index (χ0n) is 11.6. The van der Waals surface area contributed by atoms with Gasteiger partial charge in [0.25, 0.3) is 0 Å². The lowest BCUT2D eigenvalue weighted by molar-refractivity contribution is -0.125. The highest BCUT2D eigenvalue weighted by Gasteiger charge is 2.28. The maximum absolute atomic E-state index is 12.2. The molecule has 0 unspecified atom stereocenters. The molecule has 1 heterocycles. The highest BCUT2D eigenvalue weighted by atomic mass is 16.3. The Balaban J connectivity index is 1.99. The second-order valence-corrected chi connectivity index (χ2v) is 5.75. The van der Waals surface area contributed by atoms with Crippen LogP contribution in [0.5, 0.6) is 0 Å². The van der Waals surface area contributed by atoms with E-state index in [2.05, 4.69) is 22.8 Å². The van der Waals surface area contributed by atoms with Gasteiger partial charge < -0.3 is 15.7 Å². The molecule has 0 bridgehead atoms. The molecule has 4 nitrogen and oxygen atoms in total. The first-order valence-corrected chi connectivity index (χ1v) is 6.75. The molecule has 1 aromatic rings. The van der Waals surface area contributed by atoms with Crippen molar-refractivity contribution in [2.45, 2.75) is 44.8 Å². The van der Waals surface area contributed by atoms with Gasteiger partial charge in [0, 0.05) is 18.7 Å². The van der Waals surface area contributed by atoms with E-state index in [1.165, 1.54) is 11.1 Å². The van der Waals surface area contributed by atoms with Crippen molar-refractivity contribution in [3.63, 3.8) is 0 Å². The van der Waals surface area contributed by atoms with Crippen LogP contribution < -0.4 is 10.6 Å². The molecule has 2 rings (SSSR count). The quantitative estimate of drug-likeness (QED) is 0.758. The number of benzene rings is 1. The number of aliphatic hydroxyl groups is 1. The van der Waals surface area contributed by atoms with Crippen LogP contribution in [-0.2, 0) is 17.8 Å². The largest absolute Gasteiger partial charge is 0.396 e. The molecule has 0 saturated carbocycles. The number of rotatable bonds is 4. The molecule has 1 atom stereocenters. The first-order valence-electron chi connectivity index (χ1n) is 6.75. The van der Waals surface area contributed by atoms with E-state index in [4.69, 9.17) is 5.11 Å². The van der Waals surface area contributed by atoms with Crippen LogP contribution in [0.15, 0.2) is 24.3 Å². The summed E-state index contributed by atoms with van der Waals surface area (Å²) in [4.78, 5) is 12.2. The summed E-state index contributed by atoms with van der Waals surface area (Å²) >= 11 is 0. The maximum atomic E-state index is 12.2. The minimum absolute atomic E-state index is 0.00736. The summed E-state index contributed by atoms with van der Waals surface area (Å²) in [6.07, 6.45) is 1.28. The number of hydrogen-bond acceptors (Lipinski definition) is 3. The van der Waals surface area contributed by atoms with Crippen LogP contribution in [0.1, 0.15) is 31.4 Å². The minimum Gasteiger partial charge on any atom is -0.396 e. The molecule has 1 aliphatic heterocycles. The lowest BCUT2D eigenvalue weighted by Crippen LogP contribution is -2.54. The number of hydrogen-bond donors (Lipinski definition) is 3. The molecule has 0 fully saturated rings. The van der Waals surface area contributed by atoms with E-state index in [0.717, 1.165) is 13.0 Å². The summed E-state index contributed by atoms with van der Waals surface area (Å²) in [5.74, 6) is 0.00736. The number of carbonyl (C=O) groups is 1. The molecule has 0 saturated heterocycles. The van der Waals surface area contributed by atoms with E-state index in [0.29, 0.717) is 6.42 Å². The lowest BCUT2D eigenvalue weighted by Gasteiger charge is -2.31. The van der Waals surface area contributed by atoms with Crippen molar-refractivity contribution in [3.8, 4) is 0 Å². The van der Waals surface area contributed by atoms with Crippen molar-refractivity contribution in [1.29, 1.82) is 0 Å². The molecule has 1 amide bonds. The zero-order chi connectivity index (χ0) is 13.9. The third-order valence-electron chi connectivity index (χ3n) is 3.60. The summed E-state index contributed by atoms with van der Waals surface area (Å²) in [6, 6.07) is 8.01. The van der Waals surface area contributed by atoms with E-state index in [1.54, 1.807) is 0 Å². The van der Waals surface area contributed by atoms with Gasteiger partial charge in [0.1, 0.15) is 0 Å². The zero-order valence-corrected chi connectivity index (χ0v) is 11.6. The van der Waals surface area contributed by atoms with Gasteiger partial charge >= 0.3 is 0 Å². The fourth-order valence-electron chi connectivity index (χ4n) is 2.40. The standard InChI is InChI=1S/C15H22N2O2/c1-15(2,7-8-18)17-14(19)13-9-11-5-3-4-6-12(11)10-16-13/h3-6,13,16,18H,7-10H2,1-2H3,(H,17,19)/t13-/m0/s1. The van der Waals surface area contributed by atoms with Gasteiger partial charge in [-0.1, -0.05) is 24.3 Å². The molecule has 1 aromatic carbocycles. The van der Waals surface area contributed by atoms with Crippen molar-refractivity contribution in [1.82, 2.24) is 10.6 Å². The summed E-state index contributed by atoms with van der Waals surface area (Å²) in [5, 5.41) is 15.2. The predicted molar refractivity (Wildman–Crippen MR) is 74.7 cm³/mol. The average molecular weight is 262 g/mol. The smallest absolute Gasteiger partial charge is 0.237 e. The third kappa shape index (κ3) is 3.55. The van der Waals surface area contributed by atoms with Crippen molar-refractivity contribution in [3.05, 3.63) is 35.4 Å². The van der Waals surface area contributed by atoms with E-state index < -0.39 is 0 Å². The molecule has 0 radical (unpaired) electrons. The molecule has 0 aromatic heterocycles. The Labute approximate surface area is 114 Å². The van der Waals surface area contributed by atoms with Gasteiger partial charge in [0.2, 0.25) is 5.91 Å². The summed E-state index contributed by atoms with van der Waals surface area (Å²) in [6.45, 7) is 4.67. The molecule has 3 N–H and O–H groups in total. The van der Waals surface area contributed by atoms with Gasteiger partial charge in [-0.2, -0.15) is 0 Å². The lowest BCUT2D eigenvalue weighted by atomic mass is 9.94. The fourth-order valence-corrected chi connectivity index (χ4v) is 2.40. The van der Waals surface area contributed by atoms with E-state index in [1.807, 2.05) is 26.0 Å². The highest BCUT2D eigenvalue weighted by molar-refractivity contribution is 5.83. The third-order valence-corrected chi connectivity index (χ3v) is 3.60. The van der Waals surface area contributed by atoms with Crippen molar-refractivity contribution in [2.75, 3.05) is 6.61 Å². The van der Waals surface area contributed by atoms with Crippen LogP contribution in [0.25, 0.3) is 0 Å². The number of aliphatic hydroxyl groups excluding tert-OH is 1. The summed E-state index contributed by atoms with van der Waals surface area (Å²) in [7, 11) is 0. The van der Waals surface area contributed by atoms with Crippen LogP contribution >= 0.6 is 0 Å². The minimum atomic E-state index is -0.371. The first-order chi connectivity index (χ1) is 9.02. The molecular formula is C15H22N2O2. The normalized spacial score (nSPS) is 18.8. The number of fused-ring (bicyclic) bond motifs is 1. The Kier molecular flexibility index (Phi) is 4.22. The number of amides is 1. The van der Waals surface area contributed by atoms with Gasteiger partial charge in [0.15, 0.2) is 0 Å². The van der Waals surface area contributed by atoms with Crippen LogP contribution in [0, 0.1) is 0 Å². The van der Waals surface area contributed by atoms with Gasteiger partial charge in [-0.25, -0.2) is 0 Å². The van der Waals surface area contributed by atoms with Crippen LogP contribution in [0.4, 0.5) is 0 Å². The molecule has 104 valence electrons. The number of carbonyl (C=O) groups excluding carboxylic acids is 1. The molecule has 4 heteroatoms. The van der Waals surface area contributed by atoms with Crippen molar-refractivity contribution in [2.24, 2.45) is 0 Å². The maximum Gasteiger partial charge on any atom is 0.237 e. The SMILES string of the molecule is CC(C)(CCO)NC(=O)[C@@H]1Cc2ccccc2CN1. The Morgan fingerprint density at radius 3 is 2.79 bits per heavy atom. The van der Waals surface area contributed by atoms with Crippen LogP contribution in [0.3, 0.4) is 0 Å². The molecule has 19 heavy (non-hydrogen) atoms. The molecule has 0 spiro atoms.